The molecule has 3 N–H and O–H groups in total. The Labute approximate surface area is 121 Å². The molecule has 1 atom stereocenters. The van der Waals surface area contributed by atoms with E-state index >= 15 is 0 Å². The molecule has 0 aliphatic heterocycles. The van der Waals surface area contributed by atoms with Crippen molar-refractivity contribution in [2.24, 2.45) is 5.84 Å². The lowest BCUT2D eigenvalue weighted by molar-refractivity contribution is 0.552. The van der Waals surface area contributed by atoms with Crippen molar-refractivity contribution >= 4 is 43.2 Å². The van der Waals surface area contributed by atoms with Crippen molar-refractivity contribution < 1.29 is 0 Å². The summed E-state index contributed by atoms with van der Waals surface area (Å²) in [5.74, 6) is 5.65. The zero-order chi connectivity index (χ0) is 12.3. The Balaban J connectivity index is 2.20. The summed E-state index contributed by atoms with van der Waals surface area (Å²) < 4.78 is 2.22. The molecule has 0 fully saturated rings. The van der Waals surface area contributed by atoms with Gasteiger partial charge in [-0.1, -0.05) is 30.3 Å². The molecule has 0 spiro atoms. The molecule has 1 heterocycles. The molecule has 1 unspecified atom stereocenters. The van der Waals surface area contributed by atoms with Crippen LogP contribution in [-0.4, -0.2) is 0 Å². The van der Waals surface area contributed by atoms with Crippen LogP contribution < -0.4 is 11.3 Å². The van der Waals surface area contributed by atoms with Crippen molar-refractivity contribution in [1.29, 1.82) is 0 Å². The van der Waals surface area contributed by atoms with Gasteiger partial charge in [0.15, 0.2) is 0 Å². The van der Waals surface area contributed by atoms with Crippen molar-refractivity contribution in [2.45, 2.75) is 12.5 Å². The second-order valence-corrected chi connectivity index (χ2v) is 7.44. The monoisotopic (exact) mass is 374 g/mol. The highest BCUT2D eigenvalue weighted by Crippen LogP contribution is 2.36. The molecule has 0 bridgehead atoms. The molecule has 1 aromatic heterocycles. The van der Waals surface area contributed by atoms with Gasteiger partial charge < -0.3 is 0 Å². The minimum absolute atomic E-state index is 0.120. The van der Waals surface area contributed by atoms with Crippen molar-refractivity contribution in [3.05, 3.63) is 55.1 Å². The van der Waals surface area contributed by atoms with Gasteiger partial charge in [0.25, 0.3) is 0 Å². The van der Waals surface area contributed by atoms with Crippen molar-refractivity contribution in [3.8, 4) is 0 Å². The molecule has 0 radical (unpaired) electrons. The van der Waals surface area contributed by atoms with Gasteiger partial charge >= 0.3 is 0 Å². The Kier molecular flexibility index (Phi) is 4.76. The molecule has 2 aromatic rings. The summed E-state index contributed by atoms with van der Waals surface area (Å²) in [4.78, 5) is 0. The third-order valence-corrected chi connectivity index (χ3v) is 4.93. The van der Waals surface area contributed by atoms with E-state index in [9.17, 15) is 0 Å². The van der Waals surface area contributed by atoms with Crippen LogP contribution >= 0.6 is 43.2 Å². The van der Waals surface area contributed by atoms with Crippen LogP contribution in [0.1, 0.15) is 17.2 Å². The molecule has 2 rings (SSSR count). The zero-order valence-electron chi connectivity index (χ0n) is 8.99. The van der Waals surface area contributed by atoms with Gasteiger partial charge in [-0.05, 0) is 55.5 Å². The fraction of sp³-hybridized carbons (Fsp3) is 0.167. The van der Waals surface area contributed by atoms with Crippen LogP contribution in [-0.2, 0) is 6.42 Å². The fourth-order valence-electron chi connectivity index (χ4n) is 1.70. The molecule has 1 aromatic carbocycles. The predicted molar refractivity (Wildman–Crippen MR) is 79.9 cm³/mol. The van der Waals surface area contributed by atoms with Crippen molar-refractivity contribution in [2.75, 3.05) is 0 Å². The topological polar surface area (TPSA) is 38.0 Å². The first-order chi connectivity index (χ1) is 8.20. The maximum Gasteiger partial charge on any atom is 0.0758 e. The van der Waals surface area contributed by atoms with Gasteiger partial charge in [-0.25, -0.2) is 0 Å². The summed E-state index contributed by atoms with van der Waals surface area (Å²) in [6.07, 6.45) is 0.874. The minimum Gasteiger partial charge on any atom is -0.271 e. The van der Waals surface area contributed by atoms with Crippen LogP contribution in [0.25, 0.3) is 0 Å². The average Bonchev–Trinajstić information content (AvgIpc) is 2.67. The normalized spacial score (nSPS) is 12.6. The van der Waals surface area contributed by atoms with Gasteiger partial charge in [0.05, 0.1) is 13.6 Å². The molecule has 0 aliphatic rings. The summed E-state index contributed by atoms with van der Waals surface area (Å²) >= 11 is 8.71. The second kappa shape index (κ2) is 6.11. The third kappa shape index (κ3) is 3.39. The molecule has 0 aliphatic carbocycles. The average molecular weight is 376 g/mol. The number of nitrogens with two attached hydrogens (primary N) is 1. The molecule has 0 amide bonds. The lowest BCUT2D eigenvalue weighted by Gasteiger charge is -2.15. The molecule has 5 heteroatoms. The van der Waals surface area contributed by atoms with Crippen LogP contribution in [0.5, 0.6) is 0 Å². The highest BCUT2D eigenvalue weighted by Gasteiger charge is 2.16. The molecule has 2 nitrogen and oxygen atoms in total. The van der Waals surface area contributed by atoms with E-state index in [1.165, 1.54) is 11.1 Å². The summed E-state index contributed by atoms with van der Waals surface area (Å²) in [7, 11) is 0. The maximum absolute atomic E-state index is 5.65. The Morgan fingerprint density at radius 2 is 1.94 bits per heavy atom. The molecule has 0 saturated carbocycles. The number of rotatable bonds is 4. The summed E-state index contributed by atoms with van der Waals surface area (Å²) in [5.41, 5.74) is 5.33. The summed E-state index contributed by atoms with van der Waals surface area (Å²) in [5, 5.41) is 0. The van der Waals surface area contributed by atoms with Gasteiger partial charge in [0, 0.05) is 0 Å². The van der Waals surface area contributed by atoms with E-state index in [1.54, 1.807) is 11.3 Å². The Bertz CT molecular complexity index is 485. The largest absolute Gasteiger partial charge is 0.271 e. The number of hydrazine groups is 1. The second-order valence-electron chi connectivity index (χ2n) is 3.69. The Hall–Kier alpha value is -0.200. The molecular formula is C12H12Br2N2S. The van der Waals surface area contributed by atoms with E-state index in [0.29, 0.717) is 0 Å². The van der Waals surface area contributed by atoms with Crippen LogP contribution in [0.15, 0.2) is 44.0 Å². The zero-order valence-corrected chi connectivity index (χ0v) is 13.0. The molecular weight excluding hydrogens is 364 g/mol. The molecule has 17 heavy (non-hydrogen) atoms. The SMILES string of the molecule is NNC(Cc1ccccc1)c1cc(Br)sc1Br. The van der Waals surface area contributed by atoms with Crippen LogP contribution in [0.4, 0.5) is 0 Å². The van der Waals surface area contributed by atoms with Crippen LogP contribution in [0.3, 0.4) is 0 Å². The quantitative estimate of drug-likeness (QED) is 0.625. The van der Waals surface area contributed by atoms with Crippen LogP contribution in [0, 0.1) is 0 Å². The van der Waals surface area contributed by atoms with Crippen molar-refractivity contribution in [3.63, 3.8) is 0 Å². The number of thiophene rings is 1. The Morgan fingerprint density at radius 1 is 1.24 bits per heavy atom. The highest BCUT2D eigenvalue weighted by molar-refractivity contribution is 9.12. The van der Waals surface area contributed by atoms with E-state index in [2.05, 4.69) is 55.5 Å². The van der Waals surface area contributed by atoms with E-state index in [1.807, 2.05) is 18.2 Å². The lowest BCUT2D eigenvalue weighted by atomic mass is 10.0. The van der Waals surface area contributed by atoms with Gasteiger partial charge in [-0.2, -0.15) is 0 Å². The molecule has 0 saturated heterocycles. The summed E-state index contributed by atoms with van der Waals surface area (Å²) in [6, 6.07) is 12.5. The van der Waals surface area contributed by atoms with Gasteiger partial charge in [-0.15, -0.1) is 11.3 Å². The maximum atomic E-state index is 5.65. The van der Waals surface area contributed by atoms with E-state index in [4.69, 9.17) is 5.84 Å². The lowest BCUT2D eigenvalue weighted by Crippen LogP contribution is -2.29. The number of benzene rings is 1. The smallest absolute Gasteiger partial charge is 0.0758 e. The van der Waals surface area contributed by atoms with E-state index in [0.717, 1.165) is 14.0 Å². The van der Waals surface area contributed by atoms with Gasteiger partial charge in [0.1, 0.15) is 0 Å². The van der Waals surface area contributed by atoms with E-state index in [-0.39, 0.29) is 6.04 Å². The van der Waals surface area contributed by atoms with E-state index < -0.39 is 0 Å². The first-order valence-electron chi connectivity index (χ1n) is 5.15. The third-order valence-electron chi connectivity index (χ3n) is 2.54. The van der Waals surface area contributed by atoms with Crippen molar-refractivity contribution in [1.82, 2.24) is 5.43 Å². The number of nitrogens with one attached hydrogen (secondary N) is 1. The predicted octanol–water partition coefficient (Wildman–Crippen LogP) is 4.02. The minimum atomic E-state index is 0.120. The van der Waals surface area contributed by atoms with Gasteiger partial charge in [0.2, 0.25) is 0 Å². The number of hydrogen-bond acceptors (Lipinski definition) is 3. The highest BCUT2D eigenvalue weighted by atomic mass is 79.9. The standard InChI is InChI=1S/C12H12Br2N2S/c13-11-7-9(12(14)17-11)10(16-15)6-8-4-2-1-3-5-8/h1-5,7,10,16H,6,15H2. The Morgan fingerprint density at radius 3 is 2.47 bits per heavy atom. The first kappa shape index (κ1) is 13.2. The van der Waals surface area contributed by atoms with Gasteiger partial charge in [-0.3, -0.25) is 11.3 Å². The summed E-state index contributed by atoms with van der Waals surface area (Å²) in [6.45, 7) is 0. The van der Waals surface area contributed by atoms with Crippen LogP contribution in [0.2, 0.25) is 0 Å². The number of halogens is 2. The number of hydrogen-bond donors (Lipinski definition) is 2. The fourth-order valence-corrected chi connectivity index (χ4v) is 4.67. The first-order valence-corrected chi connectivity index (χ1v) is 7.55. The molecule has 90 valence electrons.